The average Bonchev–Trinajstić information content (AvgIpc) is 1.95. The van der Waals surface area contributed by atoms with Gasteiger partial charge in [-0.05, 0) is 12.1 Å². The number of hydrogen-bond donors (Lipinski definition) is 2. The second-order valence-electron chi connectivity index (χ2n) is 2.99. The van der Waals surface area contributed by atoms with Gasteiger partial charge in [0.2, 0.25) is 10.0 Å². The zero-order valence-electron chi connectivity index (χ0n) is 7.91. The number of sulfonamides is 1. The van der Waals surface area contributed by atoms with E-state index >= 15 is 0 Å². The van der Waals surface area contributed by atoms with Crippen molar-refractivity contribution >= 4 is 32.9 Å². The van der Waals surface area contributed by atoms with Crippen LogP contribution in [0.25, 0.3) is 0 Å². The Kier molecular flexibility index (Phi) is 3.76. The van der Waals surface area contributed by atoms with E-state index in [-0.39, 0.29) is 10.7 Å². The van der Waals surface area contributed by atoms with E-state index in [0.717, 1.165) is 12.1 Å². The van der Waals surface area contributed by atoms with Crippen LogP contribution in [0.15, 0.2) is 18.2 Å². The predicted molar refractivity (Wildman–Crippen MR) is 60.6 cm³/mol. The summed E-state index contributed by atoms with van der Waals surface area (Å²) in [5.41, 5.74) is 4.84. The van der Waals surface area contributed by atoms with Crippen LogP contribution in [0.5, 0.6) is 0 Å². The van der Waals surface area contributed by atoms with E-state index in [1.807, 2.05) is 4.72 Å². The maximum Gasteiger partial charge on any atom is 0.239 e. The molecule has 0 saturated heterocycles. The number of nitrogens with one attached hydrogen (secondary N) is 1. The molecule has 0 aliphatic carbocycles. The first-order valence-electron chi connectivity index (χ1n) is 4.03. The molecule has 88 valence electrons. The third-order valence-corrected chi connectivity index (χ3v) is 3.03. The monoisotopic (exact) mass is 266 g/mol. The number of benzene rings is 1. The van der Waals surface area contributed by atoms with Crippen LogP contribution in [0.3, 0.4) is 0 Å². The van der Waals surface area contributed by atoms with Gasteiger partial charge in [-0.1, -0.05) is 12.2 Å². The van der Waals surface area contributed by atoms with Crippen LogP contribution in [0, 0.1) is 11.6 Å². The predicted octanol–water partition coefficient (Wildman–Crippen LogP) is 0.993. The highest BCUT2D eigenvalue weighted by Crippen LogP contribution is 2.14. The molecule has 0 spiro atoms. The first-order chi connectivity index (χ1) is 7.28. The molecular formula is C8H8F2N2O2S2. The molecule has 0 amide bonds. The van der Waals surface area contributed by atoms with Crippen LogP contribution in [0.1, 0.15) is 0 Å². The van der Waals surface area contributed by atoms with Gasteiger partial charge >= 0.3 is 0 Å². The Labute approximate surface area is 96.5 Å². The molecule has 0 radical (unpaired) electrons. The van der Waals surface area contributed by atoms with E-state index in [0.29, 0.717) is 6.07 Å². The largest absolute Gasteiger partial charge is 0.392 e. The molecule has 0 unspecified atom stereocenters. The molecule has 4 nitrogen and oxygen atoms in total. The Morgan fingerprint density at radius 3 is 2.25 bits per heavy atom. The second-order valence-corrected chi connectivity index (χ2v) is 5.23. The maximum atomic E-state index is 12.7. The molecular weight excluding hydrogens is 258 g/mol. The molecule has 0 aromatic heterocycles. The first kappa shape index (κ1) is 12.8. The van der Waals surface area contributed by atoms with Crippen molar-refractivity contribution in [3.05, 3.63) is 29.8 Å². The van der Waals surface area contributed by atoms with Gasteiger partial charge in [0.25, 0.3) is 0 Å². The van der Waals surface area contributed by atoms with Gasteiger partial charge < -0.3 is 5.73 Å². The molecule has 8 heteroatoms. The number of nitrogens with two attached hydrogens (primary N) is 1. The normalized spacial score (nSPS) is 11.1. The van der Waals surface area contributed by atoms with Gasteiger partial charge in [0.15, 0.2) is 0 Å². The molecule has 0 fully saturated rings. The highest BCUT2D eigenvalue weighted by atomic mass is 32.2. The summed E-state index contributed by atoms with van der Waals surface area (Å²) in [5.74, 6) is -2.35. The molecule has 1 aromatic rings. The van der Waals surface area contributed by atoms with Gasteiger partial charge in [-0.2, -0.15) is 0 Å². The summed E-state index contributed by atoms with van der Waals surface area (Å²) in [6.45, 7) is 0. The zero-order valence-corrected chi connectivity index (χ0v) is 9.54. The van der Waals surface area contributed by atoms with Gasteiger partial charge in [-0.25, -0.2) is 17.2 Å². The number of anilines is 1. The Hall–Kier alpha value is -1.28. The van der Waals surface area contributed by atoms with Crippen LogP contribution in [0.2, 0.25) is 0 Å². The smallest absolute Gasteiger partial charge is 0.239 e. The third kappa shape index (κ3) is 4.07. The minimum atomic E-state index is -3.82. The summed E-state index contributed by atoms with van der Waals surface area (Å²) in [5, 5.41) is 0. The summed E-state index contributed by atoms with van der Waals surface area (Å²) in [6, 6.07) is 2.33. The quantitative estimate of drug-likeness (QED) is 0.797. The van der Waals surface area contributed by atoms with Crippen molar-refractivity contribution in [1.29, 1.82) is 0 Å². The average molecular weight is 266 g/mol. The lowest BCUT2D eigenvalue weighted by Crippen LogP contribution is -2.26. The first-order valence-corrected chi connectivity index (χ1v) is 6.09. The minimum Gasteiger partial charge on any atom is -0.392 e. The van der Waals surface area contributed by atoms with Crippen molar-refractivity contribution in [3.63, 3.8) is 0 Å². The molecule has 3 N–H and O–H groups in total. The Bertz CT molecular complexity index is 497. The third-order valence-electron chi connectivity index (χ3n) is 1.47. The summed E-state index contributed by atoms with van der Waals surface area (Å²) in [4.78, 5) is -0.232. The van der Waals surface area contributed by atoms with Gasteiger partial charge in [0.1, 0.15) is 17.4 Å². The second kappa shape index (κ2) is 4.71. The fraction of sp³-hybridized carbons (Fsp3) is 0.125. The standard InChI is InChI=1S/C8H8F2N2O2S2/c9-5-1-6(10)3-7(2-5)12-16(13,14)4-8(11)15/h1-3,12H,4H2,(H2,11,15). The zero-order chi connectivity index (χ0) is 12.3. The van der Waals surface area contributed by atoms with Crippen molar-refractivity contribution in [3.8, 4) is 0 Å². The lowest BCUT2D eigenvalue weighted by Gasteiger charge is -2.07. The van der Waals surface area contributed by atoms with Crippen LogP contribution in [-0.4, -0.2) is 19.2 Å². The number of halogens is 2. The topological polar surface area (TPSA) is 72.2 Å². The number of thiocarbonyl (C=S) groups is 1. The molecule has 0 aliphatic rings. The lowest BCUT2D eigenvalue weighted by molar-refractivity contribution is 0.584. The van der Waals surface area contributed by atoms with E-state index < -0.39 is 27.4 Å². The van der Waals surface area contributed by atoms with Crippen molar-refractivity contribution in [2.24, 2.45) is 5.73 Å². The van der Waals surface area contributed by atoms with Gasteiger partial charge in [-0.3, -0.25) is 4.72 Å². The van der Waals surface area contributed by atoms with Crippen LogP contribution in [0.4, 0.5) is 14.5 Å². The summed E-state index contributed by atoms with van der Waals surface area (Å²) >= 11 is 4.42. The Morgan fingerprint density at radius 2 is 1.81 bits per heavy atom. The van der Waals surface area contributed by atoms with Crippen molar-refractivity contribution < 1.29 is 17.2 Å². The highest BCUT2D eigenvalue weighted by molar-refractivity contribution is 7.95. The van der Waals surface area contributed by atoms with Crippen molar-refractivity contribution in [1.82, 2.24) is 0 Å². The molecule has 0 heterocycles. The fourth-order valence-corrected chi connectivity index (χ4v) is 2.40. The molecule has 0 atom stereocenters. The van der Waals surface area contributed by atoms with E-state index in [1.165, 1.54) is 0 Å². The minimum absolute atomic E-state index is 0.214. The fourth-order valence-electron chi connectivity index (χ4n) is 1.02. The molecule has 0 saturated carbocycles. The Morgan fingerprint density at radius 1 is 1.31 bits per heavy atom. The van der Waals surface area contributed by atoms with E-state index in [1.54, 1.807) is 0 Å². The van der Waals surface area contributed by atoms with Crippen LogP contribution >= 0.6 is 12.2 Å². The highest BCUT2D eigenvalue weighted by Gasteiger charge is 2.13. The van der Waals surface area contributed by atoms with E-state index in [4.69, 9.17) is 5.73 Å². The number of hydrogen-bond acceptors (Lipinski definition) is 3. The van der Waals surface area contributed by atoms with Gasteiger partial charge in [0, 0.05) is 6.07 Å². The van der Waals surface area contributed by atoms with Crippen molar-refractivity contribution in [2.45, 2.75) is 0 Å². The SMILES string of the molecule is NC(=S)CS(=O)(=O)Nc1cc(F)cc(F)c1. The summed E-state index contributed by atoms with van der Waals surface area (Å²) in [7, 11) is -3.82. The molecule has 0 aliphatic heterocycles. The Balaban J connectivity index is 2.92. The molecule has 0 bridgehead atoms. The molecule has 16 heavy (non-hydrogen) atoms. The number of rotatable bonds is 4. The van der Waals surface area contributed by atoms with E-state index in [9.17, 15) is 17.2 Å². The molecule has 1 rings (SSSR count). The molecule has 1 aromatic carbocycles. The lowest BCUT2D eigenvalue weighted by atomic mass is 10.3. The van der Waals surface area contributed by atoms with Gasteiger partial charge in [0.05, 0.1) is 10.7 Å². The maximum absolute atomic E-state index is 12.7. The summed E-state index contributed by atoms with van der Waals surface area (Å²) in [6.07, 6.45) is 0. The van der Waals surface area contributed by atoms with Crippen LogP contribution in [-0.2, 0) is 10.0 Å². The summed E-state index contributed by atoms with van der Waals surface area (Å²) < 4.78 is 50.1. The van der Waals surface area contributed by atoms with E-state index in [2.05, 4.69) is 12.2 Å². The van der Waals surface area contributed by atoms with Crippen LogP contribution < -0.4 is 10.5 Å². The van der Waals surface area contributed by atoms with Gasteiger partial charge in [-0.15, -0.1) is 0 Å². The van der Waals surface area contributed by atoms with Crippen molar-refractivity contribution in [2.75, 3.05) is 10.5 Å².